The van der Waals surface area contributed by atoms with Crippen LogP contribution in [0.3, 0.4) is 0 Å². The van der Waals surface area contributed by atoms with Crippen molar-refractivity contribution < 1.29 is 52.2 Å². The molecule has 13 heteroatoms. The average Bonchev–Trinajstić information content (AvgIpc) is 3.91. The van der Waals surface area contributed by atoms with Crippen molar-refractivity contribution in [3.8, 4) is 0 Å². The van der Waals surface area contributed by atoms with Crippen molar-refractivity contribution in [1.29, 1.82) is 0 Å². The van der Waals surface area contributed by atoms with Crippen LogP contribution in [0.15, 0.2) is 36.5 Å². The Labute approximate surface area is 331 Å². The fraction of sp³-hybridized carbons (Fsp3) is 0.786. The quantitative estimate of drug-likeness (QED) is 0.0177. The Morgan fingerprint density at radius 1 is 0.673 bits per heavy atom. The van der Waals surface area contributed by atoms with Crippen LogP contribution in [-0.4, -0.2) is 72.1 Å². The zero-order chi connectivity index (χ0) is 40.4. The van der Waals surface area contributed by atoms with Gasteiger partial charge >= 0.3 is 25.7 Å². The van der Waals surface area contributed by atoms with Crippen LogP contribution < -0.4 is 5.73 Å². The Bertz CT molecular complexity index is 1140. The van der Waals surface area contributed by atoms with Gasteiger partial charge in [0.2, 0.25) is 0 Å². The zero-order valence-corrected chi connectivity index (χ0v) is 34.9. The molecule has 55 heavy (non-hydrogen) atoms. The van der Waals surface area contributed by atoms with Crippen LogP contribution in [0.2, 0.25) is 0 Å². The Hall–Kier alpha value is -2.34. The highest BCUT2D eigenvalue weighted by molar-refractivity contribution is 7.47. The van der Waals surface area contributed by atoms with Crippen molar-refractivity contribution >= 4 is 25.7 Å². The molecule has 1 heterocycles. The Morgan fingerprint density at radius 2 is 1.20 bits per heavy atom. The van der Waals surface area contributed by atoms with Gasteiger partial charge in [0, 0.05) is 12.8 Å². The first-order chi connectivity index (χ1) is 26.6. The maximum absolute atomic E-state index is 12.6. The van der Waals surface area contributed by atoms with Gasteiger partial charge in [-0.2, -0.15) is 0 Å². The normalized spacial score (nSPS) is 17.8. The molecule has 1 saturated heterocycles. The third kappa shape index (κ3) is 31.4. The molecule has 1 aliphatic rings. The van der Waals surface area contributed by atoms with E-state index in [1.807, 2.05) is 0 Å². The second kappa shape index (κ2) is 33.8. The highest BCUT2D eigenvalue weighted by atomic mass is 31.2. The summed E-state index contributed by atoms with van der Waals surface area (Å²) in [6, 6.07) is -1.53. The lowest BCUT2D eigenvalue weighted by Crippen LogP contribution is -2.34. The standard InChI is InChI=1S/C42H74NO11P/c1-3-5-7-9-11-12-13-14-15-16-17-18-19-23-28-32-41(45)53-36(34-51-55(48,49)52-35-37(43)42(46)47)33-50-40(44)31-27-24-20-22-26-30-39-38(54-39)29-25-21-10-8-6-4-2/h11-12,14-15,21,25,36-39H,3-10,13,16-20,22-24,26-35,43H2,1-2H3,(H,46,47)(H,48,49)/b12-11-,15-14-,25-21-/t36-,37+,38?,39?/m1/s1. The van der Waals surface area contributed by atoms with Crippen molar-refractivity contribution in [2.45, 2.75) is 192 Å². The van der Waals surface area contributed by atoms with Gasteiger partial charge in [-0.25, -0.2) is 4.57 Å². The summed E-state index contributed by atoms with van der Waals surface area (Å²) in [6.07, 6.45) is 36.5. The van der Waals surface area contributed by atoms with E-state index < -0.39 is 51.1 Å². The molecule has 4 N–H and O–H groups in total. The molecule has 0 aromatic rings. The van der Waals surface area contributed by atoms with Crippen molar-refractivity contribution in [3.63, 3.8) is 0 Å². The largest absolute Gasteiger partial charge is 0.480 e. The van der Waals surface area contributed by atoms with Gasteiger partial charge in [-0.15, -0.1) is 0 Å². The third-order valence-corrected chi connectivity index (χ3v) is 10.2. The van der Waals surface area contributed by atoms with Gasteiger partial charge < -0.3 is 29.9 Å². The number of carboxylic acids is 1. The van der Waals surface area contributed by atoms with E-state index in [4.69, 9.17) is 29.6 Å². The maximum Gasteiger partial charge on any atom is 0.472 e. The van der Waals surface area contributed by atoms with E-state index in [0.717, 1.165) is 89.9 Å². The SMILES string of the molecule is CCCCC/C=C\C/C=C\CCCCCCCC(=O)O[C@H](COC(=O)CCCCCCCC1OC1C/C=C\CCCCC)COP(=O)(O)OC[C@H](N)C(=O)O. The summed E-state index contributed by atoms with van der Waals surface area (Å²) in [5.74, 6) is -2.42. The van der Waals surface area contributed by atoms with Gasteiger partial charge in [0.25, 0.3) is 0 Å². The number of unbranched alkanes of at least 4 members (excludes halogenated alkanes) is 15. The number of carbonyl (C=O) groups excluding carboxylic acids is 2. The summed E-state index contributed by atoms with van der Waals surface area (Å²) >= 11 is 0. The minimum atomic E-state index is -4.73. The van der Waals surface area contributed by atoms with Gasteiger partial charge in [0.1, 0.15) is 12.6 Å². The van der Waals surface area contributed by atoms with E-state index >= 15 is 0 Å². The molecular weight excluding hydrogens is 725 g/mol. The van der Waals surface area contributed by atoms with Crippen LogP contribution in [0.1, 0.15) is 168 Å². The van der Waals surface area contributed by atoms with E-state index in [-0.39, 0.29) is 19.4 Å². The first kappa shape index (κ1) is 50.7. The predicted molar refractivity (Wildman–Crippen MR) is 216 cm³/mol. The minimum absolute atomic E-state index is 0.138. The number of epoxide rings is 1. The summed E-state index contributed by atoms with van der Waals surface area (Å²) in [5, 5.41) is 8.88. The van der Waals surface area contributed by atoms with Crippen LogP contribution in [0.5, 0.6) is 0 Å². The molecule has 0 spiro atoms. The van der Waals surface area contributed by atoms with Crippen LogP contribution in [0, 0.1) is 0 Å². The molecule has 0 saturated carbocycles. The molecule has 0 aliphatic carbocycles. The summed E-state index contributed by atoms with van der Waals surface area (Å²) in [6.45, 7) is 2.70. The van der Waals surface area contributed by atoms with Crippen molar-refractivity contribution in [2.75, 3.05) is 19.8 Å². The molecular formula is C42H74NO11P. The molecule has 0 aromatic heterocycles. The molecule has 12 nitrogen and oxygen atoms in total. The highest BCUT2D eigenvalue weighted by Crippen LogP contribution is 2.43. The lowest BCUT2D eigenvalue weighted by atomic mass is 10.1. The lowest BCUT2D eigenvalue weighted by Gasteiger charge is -2.20. The smallest absolute Gasteiger partial charge is 0.472 e. The molecule has 0 amide bonds. The van der Waals surface area contributed by atoms with Gasteiger partial charge in [-0.05, 0) is 70.6 Å². The van der Waals surface area contributed by atoms with Crippen LogP contribution in [0.4, 0.5) is 0 Å². The maximum atomic E-state index is 12.6. The second-order valence-corrected chi connectivity index (χ2v) is 16.0. The minimum Gasteiger partial charge on any atom is -0.480 e. The van der Waals surface area contributed by atoms with Gasteiger partial charge in [0.15, 0.2) is 6.10 Å². The molecule has 3 unspecified atom stereocenters. The Kier molecular flexibility index (Phi) is 31.1. The number of aliphatic carboxylic acids is 1. The fourth-order valence-electron chi connectivity index (χ4n) is 5.81. The van der Waals surface area contributed by atoms with Crippen molar-refractivity contribution in [3.05, 3.63) is 36.5 Å². The molecule has 1 fully saturated rings. The van der Waals surface area contributed by atoms with Crippen molar-refractivity contribution in [2.24, 2.45) is 5.73 Å². The molecule has 0 aromatic carbocycles. The molecule has 0 bridgehead atoms. The molecule has 318 valence electrons. The monoisotopic (exact) mass is 799 g/mol. The van der Waals surface area contributed by atoms with E-state index in [2.05, 4.69) is 54.8 Å². The number of hydrogen-bond acceptors (Lipinski definition) is 10. The van der Waals surface area contributed by atoms with Crippen LogP contribution in [0.25, 0.3) is 0 Å². The average molecular weight is 800 g/mol. The first-order valence-corrected chi connectivity index (χ1v) is 22.6. The highest BCUT2D eigenvalue weighted by Gasteiger charge is 2.36. The molecule has 1 rings (SSSR count). The first-order valence-electron chi connectivity index (χ1n) is 21.1. The number of esters is 2. The van der Waals surface area contributed by atoms with E-state index in [9.17, 15) is 23.8 Å². The lowest BCUT2D eigenvalue weighted by molar-refractivity contribution is -0.161. The fourth-order valence-corrected chi connectivity index (χ4v) is 6.58. The zero-order valence-electron chi connectivity index (χ0n) is 34.0. The van der Waals surface area contributed by atoms with Crippen molar-refractivity contribution in [1.82, 2.24) is 0 Å². The summed E-state index contributed by atoms with van der Waals surface area (Å²) in [7, 11) is -4.73. The number of hydrogen-bond donors (Lipinski definition) is 3. The Balaban J connectivity index is 2.31. The van der Waals surface area contributed by atoms with E-state index in [1.165, 1.54) is 38.5 Å². The Morgan fingerprint density at radius 3 is 1.82 bits per heavy atom. The number of allylic oxidation sites excluding steroid dienone is 5. The number of phosphoric acid groups is 1. The number of nitrogens with two attached hydrogens (primary N) is 1. The van der Waals surface area contributed by atoms with Gasteiger partial charge in [-0.1, -0.05) is 121 Å². The van der Waals surface area contributed by atoms with Crippen LogP contribution >= 0.6 is 7.82 Å². The number of rotatable bonds is 38. The summed E-state index contributed by atoms with van der Waals surface area (Å²) < 4.78 is 38.4. The van der Waals surface area contributed by atoms with Gasteiger partial charge in [0.05, 0.1) is 25.4 Å². The number of carboxylic acid groups (broad SMARTS) is 1. The summed E-state index contributed by atoms with van der Waals surface area (Å²) in [4.78, 5) is 45.9. The molecule has 5 atom stereocenters. The third-order valence-electron chi connectivity index (χ3n) is 9.28. The number of carbonyl (C=O) groups is 3. The number of phosphoric ester groups is 1. The topological polar surface area (TPSA) is 184 Å². The molecule has 0 radical (unpaired) electrons. The predicted octanol–water partition coefficient (Wildman–Crippen LogP) is 9.83. The molecule has 1 aliphatic heterocycles. The number of ether oxygens (including phenoxy) is 3. The van der Waals surface area contributed by atoms with E-state index in [1.54, 1.807) is 0 Å². The second-order valence-electron chi connectivity index (χ2n) is 14.5. The van der Waals surface area contributed by atoms with Gasteiger partial charge in [-0.3, -0.25) is 23.4 Å². The summed E-state index contributed by atoms with van der Waals surface area (Å²) in [5.41, 5.74) is 5.33. The van der Waals surface area contributed by atoms with Crippen LogP contribution in [-0.2, 0) is 42.2 Å². The van der Waals surface area contributed by atoms with E-state index in [0.29, 0.717) is 25.0 Å².